The molecule has 1 aromatic rings. The van der Waals surface area contributed by atoms with Gasteiger partial charge in [0.25, 0.3) is 0 Å². The van der Waals surface area contributed by atoms with Gasteiger partial charge in [-0.2, -0.15) is 0 Å². The summed E-state index contributed by atoms with van der Waals surface area (Å²) in [4.78, 5) is 2.33. The molecule has 3 heteroatoms. The molecule has 2 atom stereocenters. The molecule has 0 saturated carbocycles. The first-order valence-corrected chi connectivity index (χ1v) is 6.72. The molecule has 1 heterocycles. The van der Waals surface area contributed by atoms with Crippen LogP contribution < -0.4 is 10.5 Å². The molecule has 2 rings (SSSR count). The van der Waals surface area contributed by atoms with E-state index in [0.29, 0.717) is 0 Å². The lowest BCUT2D eigenvalue weighted by Crippen LogP contribution is -2.48. The largest absolute Gasteiger partial charge is 0.486 e. The summed E-state index contributed by atoms with van der Waals surface area (Å²) in [5.41, 5.74) is 6.99. The average Bonchev–Trinajstić information content (AvgIpc) is 2.28. The molecule has 0 aliphatic carbocycles. The van der Waals surface area contributed by atoms with Crippen molar-refractivity contribution < 1.29 is 4.74 Å². The van der Waals surface area contributed by atoms with Gasteiger partial charge < -0.3 is 15.4 Å². The fraction of sp³-hybridized carbons (Fsp3) is 0.600. The Morgan fingerprint density at radius 3 is 2.78 bits per heavy atom. The Bertz CT molecular complexity index is 405. The lowest BCUT2D eigenvalue weighted by Gasteiger charge is -2.39. The van der Waals surface area contributed by atoms with Gasteiger partial charge in [-0.25, -0.2) is 0 Å². The predicted molar refractivity (Wildman–Crippen MR) is 74.8 cm³/mol. The number of piperidine rings is 1. The van der Waals surface area contributed by atoms with Crippen LogP contribution in [0.1, 0.15) is 38.3 Å². The summed E-state index contributed by atoms with van der Waals surface area (Å²) in [5, 5.41) is 0. The van der Waals surface area contributed by atoms with Gasteiger partial charge in [-0.05, 0) is 46.3 Å². The first kappa shape index (κ1) is 13.4. The lowest BCUT2D eigenvalue weighted by atomic mass is 9.94. The Morgan fingerprint density at radius 2 is 2.11 bits per heavy atom. The van der Waals surface area contributed by atoms with Crippen molar-refractivity contribution in [1.29, 1.82) is 0 Å². The highest BCUT2D eigenvalue weighted by molar-refractivity contribution is 5.36. The van der Waals surface area contributed by atoms with Crippen molar-refractivity contribution in [2.24, 2.45) is 5.73 Å². The van der Waals surface area contributed by atoms with E-state index in [2.05, 4.69) is 24.9 Å². The van der Waals surface area contributed by atoms with Crippen molar-refractivity contribution in [3.8, 4) is 5.75 Å². The van der Waals surface area contributed by atoms with Gasteiger partial charge in [0, 0.05) is 18.2 Å². The molecule has 0 amide bonds. The minimum absolute atomic E-state index is 0.00567. The van der Waals surface area contributed by atoms with E-state index in [4.69, 9.17) is 10.5 Å². The standard InChI is InChI=1S/C15H24N2O/c1-12(16)13-7-4-5-8-14(13)18-15(2)9-6-10-17(3)11-15/h4-5,7-8,12H,6,9-11,16H2,1-3H3. The van der Waals surface area contributed by atoms with Crippen LogP contribution in [0.3, 0.4) is 0 Å². The molecule has 1 aliphatic heterocycles. The molecular formula is C15H24N2O. The quantitative estimate of drug-likeness (QED) is 0.893. The number of para-hydroxylation sites is 1. The van der Waals surface area contributed by atoms with Gasteiger partial charge in [-0.15, -0.1) is 0 Å². The topological polar surface area (TPSA) is 38.5 Å². The molecular weight excluding hydrogens is 224 g/mol. The zero-order valence-corrected chi connectivity index (χ0v) is 11.6. The summed E-state index contributed by atoms with van der Waals surface area (Å²) in [5.74, 6) is 0.935. The molecule has 2 unspecified atom stereocenters. The van der Waals surface area contributed by atoms with Gasteiger partial charge in [0.1, 0.15) is 11.4 Å². The Hall–Kier alpha value is -1.06. The summed E-state index contributed by atoms with van der Waals surface area (Å²) in [6, 6.07) is 8.11. The second kappa shape index (κ2) is 5.29. The summed E-state index contributed by atoms with van der Waals surface area (Å²) < 4.78 is 6.28. The summed E-state index contributed by atoms with van der Waals surface area (Å²) in [6.45, 7) is 6.33. The van der Waals surface area contributed by atoms with Crippen molar-refractivity contribution in [1.82, 2.24) is 4.90 Å². The third-order valence-electron chi connectivity index (χ3n) is 3.62. The van der Waals surface area contributed by atoms with Crippen molar-refractivity contribution in [2.75, 3.05) is 20.1 Å². The molecule has 1 aromatic carbocycles. The van der Waals surface area contributed by atoms with Crippen molar-refractivity contribution in [3.63, 3.8) is 0 Å². The number of hydrogen-bond donors (Lipinski definition) is 1. The Labute approximate surface area is 110 Å². The van der Waals surface area contributed by atoms with Gasteiger partial charge in [-0.1, -0.05) is 18.2 Å². The smallest absolute Gasteiger partial charge is 0.124 e. The second-order valence-corrected chi connectivity index (χ2v) is 5.72. The van der Waals surface area contributed by atoms with E-state index in [1.807, 2.05) is 25.1 Å². The van der Waals surface area contributed by atoms with Gasteiger partial charge in [0.2, 0.25) is 0 Å². The van der Waals surface area contributed by atoms with Gasteiger partial charge >= 0.3 is 0 Å². The molecule has 100 valence electrons. The highest BCUT2D eigenvalue weighted by Gasteiger charge is 2.32. The first-order valence-electron chi connectivity index (χ1n) is 6.72. The van der Waals surface area contributed by atoms with Gasteiger partial charge in [0.05, 0.1) is 0 Å². The fourth-order valence-corrected chi connectivity index (χ4v) is 2.75. The van der Waals surface area contributed by atoms with E-state index < -0.39 is 0 Å². The van der Waals surface area contributed by atoms with Crippen LogP contribution in [0.4, 0.5) is 0 Å². The Morgan fingerprint density at radius 1 is 1.39 bits per heavy atom. The number of ether oxygens (including phenoxy) is 1. The highest BCUT2D eigenvalue weighted by atomic mass is 16.5. The Kier molecular flexibility index (Phi) is 3.93. The van der Waals surface area contributed by atoms with E-state index >= 15 is 0 Å². The Balaban J connectivity index is 2.18. The summed E-state index contributed by atoms with van der Waals surface area (Å²) in [6.07, 6.45) is 2.29. The summed E-state index contributed by atoms with van der Waals surface area (Å²) in [7, 11) is 2.15. The van der Waals surface area contributed by atoms with Crippen LogP contribution in [-0.4, -0.2) is 30.6 Å². The van der Waals surface area contributed by atoms with E-state index in [0.717, 1.165) is 30.8 Å². The first-order chi connectivity index (χ1) is 8.50. The third kappa shape index (κ3) is 3.03. The number of rotatable bonds is 3. The van der Waals surface area contributed by atoms with Crippen LogP contribution in [-0.2, 0) is 0 Å². The van der Waals surface area contributed by atoms with E-state index in [-0.39, 0.29) is 11.6 Å². The maximum Gasteiger partial charge on any atom is 0.124 e. The number of likely N-dealkylation sites (N-methyl/N-ethyl adjacent to an activating group) is 1. The molecule has 2 N–H and O–H groups in total. The lowest BCUT2D eigenvalue weighted by molar-refractivity contribution is 0.0147. The molecule has 0 aromatic heterocycles. The van der Waals surface area contributed by atoms with E-state index in [1.165, 1.54) is 6.42 Å². The zero-order chi connectivity index (χ0) is 13.2. The summed E-state index contributed by atoms with van der Waals surface area (Å²) >= 11 is 0. The van der Waals surface area contributed by atoms with Crippen molar-refractivity contribution in [3.05, 3.63) is 29.8 Å². The number of nitrogens with two attached hydrogens (primary N) is 1. The number of likely N-dealkylation sites (tertiary alicyclic amines) is 1. The molecule has 1 aliphatic rings. The van der Waals surface area contributed by atoms with Crippen molar-refractivity contribution >= 4 is 0 Å². The second-order valence-electron chi connectivity index (χ2n) is 5.72. The predicted octanol–water partition coefficient (Wildman–Crippen LogP) is 2.57. The number of hydrogen-bond acceptors (Lipinski definition) is 3. The van der Waals surface area contributed by atoms with Gasteiger partial charge in [0.15, 0.2) is 0 Å². The van der Waals surface area contributed by atoms with Crippen LogP contribution in [0.15, 0.2) is 24.3 Å². The van der Waals surface area contributed by atoms with Crippen LogP contribution in [0.2, 0.25) is 0 Å². The van der Waals surface area contributed by atoms with Crippen molar-refractivity contribution in [2.45, 2.75) is 38.3 Å². The molecule has 1 fully saturated rings. The monoisotopic (exact) mass is 248 g/mol. The minimum atomic E-state index is -0.0992. The fourth-order valence-electron chi connectivity index (χ4n) is 2.75. The molecule has 0 radical (unpaired) electrons. The zero-order valence-electron chi connectivity index (χ0n) is 11.6. The molecule has 0 spiro atoms. The highest BCUT2D eigenvalue weighted by Crippen LogP contribution is 2.31. The van der Waals surface area contributed by atoms with Crippen LogP contribution in [0.25, 0.3) is 0 Å². The maximum absolute atomic E-state index is 6.28. The minimum Gasteiger partial charge on any atom is -0.486 e. The average molecular weight is 248 g/mol. The van der Waals surface area contributed by atoms with E-state index in [9.17, 15) is 0 Å². The van der Waals surface area contributed by atoms with Crippen LogP contribution >= 0.6 is 0 Å². The number of benzene rings is 1. The van der Waals surface area contributed by atoms with E-state index in [1.54, 1.807) is 0 Å². The molecule has 1 saturated heterocycles. The van der Waals surface area contributed by atoms with Crippen LogP contribution in [0.5, 0.6) is 5.75 Å². The third-order valence-corrected chi connectivity index (χ3v) is 3.62. The maximum atomic E-state index is 6.28. The molecule has 3 nitrogen and oxygen atoms in total. The molecule has 18 heavy (non-hydrogen) atoms. The van der Waals surface area contributed by atoms with Gasteiger partial charge in [-0.3, -0.25) is 0 Å². The normalized spacial score (nSPS) is 26.9. The van der Waals surface area contributed by atoms with Crippen LogP contribution in [0, 0.1) is 0 Å². The molecule has 0 bridgehead atoms. The SMILES string of the molecule is CC(N)c1ccccc1OC1(C)CCCN(C)C1. The number of nitrogens with zero attached hydrogens (tertiary/aromatic N) is 1.